The summed E-state index contributed by atoms with van der Waals surface area (Å²) < 4.78 is 24.4. The van der Waals surface area contributed by atoms with Crippen molar-refractivity contribution >= 4 is 0 Å². The van der Waals surface area contributed by atoms with Crippen molar-refractivity contribution in [3.63, 3.8) is 0 Å². The van der Waals surface area contributed by atoms with Gasteiger partial charge < -0.3 is 19.3 Å². The van der Waals surface area contributed by atoms with E-state index in [4.69, 9.17) is 9.47 Å². The first kappa shape index (κ1) is 14.8. The van der Waals surface area contributed by atoms with Crippen molar-refractivity contribution in [2.24, 2.45) is 0 Å². The molecule has 5 heteroatoms. The van der Waals surface area contributed by atoms with Crippen LogP contribution in [-0.2, 0) is 17.8 Å². The van der Waals surface area contributed by atoms with Crippen LogP contribution >= 0.6 is 0 Å². The molecule has 0 N–H and O–H groups in total. The number of nitrogens with zero attached hydrogens (tertiary/aromatic N) is 2. The molecule has 0 bridgehead atoms. The molecule has 1 saturated heterocycles. The summed E-state index contributed by atoms with van der Waals surface area (Å²) in [6.07, 6.45) is 1.89. The van der Waals surface area contributed by atoms with Crippen LogP contribution in [0.15, 0.2) is 12.1 Å². The minimum atomic E-state index is -0.197. The Hall–Kier alpha value is -1.17. The summed E-state index contributed by atoms with van der Waals surface area (Å²) in [5, 5.41) is 0. The molecule has 0 spiro atoms. The van der Waals surface area contributed by atoms with E-state index >= 15 is 0 Å². The molecular formula is C16H23FN2O2. The second kappa shape index (κ2) is 6.73. The number of benzene rings is 1. The Bertz CT molecular complexity index is 487. The number of hydrogen-bond donors (Lipinski definition) is 0. The largest absolute Gasteiger partial charge is 0.467 e. The lowest BCUT2D eigenvalue weighted by atomic mass is 10.0. The van der Waals surface area contributed by atoms with Crippen LogP contribution in [0.2, 0.25) is 0 Å². The monoisotopic (exact) mass is 294 g/mol. The number of aryl methyl sites for hydroxylation is 1. The van der Waals surface area contributed by atoms with Gasteiger partial charge in [0, 0.05) is 31.7 Å². The van der Waals surface area contributed by atoms with Gasteiger partial charge in [0.2, 0.25) is 0 Å². The highest BCUT2D eigenvalue weighted by Crippen LogP contribution is 2.30. The summed E-state index contributed by atoms with van der Waals surface area (Å²) in [4.78, 5) is 4.84. The number of rotatable bonds is 4. The van der Waals surface area contributed by atoms with Crippen LogP contribution in [0.3, 0.4) is 0 Å². The number of ether oxygens (including phenoxy) is 2. The molecule has 4 nitrogen and oxygen atoms in total. The summed E-state index contributed by atoms with van der Waals surface area (Å²) >= 11 is 0. The van der Waals surface area contributed by atoms with Crippen molar-refractivity contribution in [2.75, 3.05) is 46.6 Å². The Labute approximate surface area is 125 Å². The van der Waals surface area contributed by atoms with Crippen molar-refractivity contribution in [1.29, 1.82) is 0 Å². The SMILES string of the molecule is CN1CCN(CCCc2cc(F)cc3c2OCOC3)CC1. The predicted octanol–water partition coefficient (Wildman–Crippen LogP) is 1.87. The van der Waals surface area contributed by atoms with Gasteiger partial charge in [0.1, 0.15) is 11.6 Å². The van der Waals surface area contributed by atoms with Gasteiger partial charge in [-0.2, -0.15) is 0 Å². The smallest absolute Gasteiger partial charge is 0.189 e. The molecule has 21 heavy (non-hydrogen) atoms. The Balaban J connectivity index is 1.56. The Morgan fingerprint density at radius 1 is 1.19 bits per heavy atom. The highest BCUT2D eigenvalue weighted by molar-refractivity contribution is 5.42. The highest BCUT2D eigenvalue weighted by Gasteiger charge is 2.18. The van der Waals surface area contributed by atoms with Gasteiger partial charge in [-0.3, -0.25) is 0 Å². The standard InChI is InChI=1S/C16H23FN2O2/c1-18-5-7-19(8-6-18)4-2-3-13-9-15(17)10-14-11-20-12-21-16(13)14/h9-10H,2-8,11-12H2,1H3. The first-order chi connectivity index (χ1) is 10.2. The summed E-state index contributed by atoms with van der Waals surface area (Å²) in [6, 6.07) is 3.12. The maximum Gasteiger partial charge on any atom is 0.189 e. The van der Waals surface area contributed by atoms with Gasteiger partial charge in [0.05, 0.1) is 6.61 Å². The molecule has 2 aliphatic heterocycles. The average molecular weight is 294 g/mol. The second-order valence-electron chi connectivity index (χ2n) is 5.91. The van der Waals surface area contributed by atoms with Crippen LogP contribution in [0.25, 0.3) is 0 Å². The van der Waals surface area contributed by atoms with E-state index in [0.29, 0.717) is 6.61 Å². The van der Waals surface area contributed by atoms with Gasteiger partial charge >= 0.3 is 0 Å². The zero-order valence-electron chi connectivity index (χ0n) is 12.6. The molecule has 1 fully saturated rings. The summed E-state index contributed by atoms with van der Waals surface area (Å²) in [5.41, 5.74) is 1.80. The third-order valence-electron chi connectivity index (χ3n) is 4.27. The van der Waals surface area contributed by atoms with E-state index < -0.39 is 0 Å². The molecule has 1 aromatic carbocycles. The molecule has 0 aliphatic carbocycles. The third-order valence-corrected chi connectivity index (χ3v) is 4.27. The van der Waals surface area contributed by atoms with E-state index in [-0.39, 0.29) is 12.6 Å². The lowest BCUT2D eigenvalue weighted by Crippen LogP contribution is -2.44. The van der Waals surface area contributed by atoms with Crippen LogP contribution < -0.4 is 4.74 Å². The van der Waals surface area contributed by atoms with Gasteiger partial charge in [-0.25, -0.2) is 4.39 Å². The van der Waals surface area contributed by atoms with Gasteiger partial charge in [0.15, 0.2) is 6.79 Å². The van der Waals surface area contributed by atoms with E-state index in [1.165, 1.54) is 6.07 Å². The molecule has 0 saturated carbocycles. The van der Waals surface area contributed by atoms with Gasteiger partial charge in [-0.1, -0.05) is 0 Å². The topological polar surface area (TPSA) is 24.9 Å². The third kappa shape index (κ3) is 3.73. The van der Waals surface area contributed by atoms with E-state index in [0.717, 1.165) is 62.4 Å². The predicted molar refractivity (Wildman–Crippen MR) is 78.9 cm³/mol. The minimum Gasteiger partial charge on any atom is -0.467 e. The fourth-order valence-electron chi connectivity index (χ4n) is 3.01. The number of piperazine rings is 1. The molecule has 0 amide bonds. The lowest BCUT2D eigenvalue weighted by molar-refractivity contribution is -0.0173. The van der Waals surface area contributed by atoms with Crippen LogP contribution in [0.1, 0.15) is 17.5 Å². The molecule has 3 rings (SSSR count). The zero-order valence-corrected chi connectivity index (χ0v) is 12.6. The fraction of sp³-hybridized carbons (Fsp3) is 0.625. The molecule has 0 unspecified atom stereocenters. The molecule has 1 aromatic rings. The van der Waals surface area contributed by atoms with E-state index in [1.807, 2.05) is 0 Å². The Kier molecular flexibility index (Phi) is 4.73. The van der Waals surface area contributed by atoms with E-state index in [2.05, 4.69) is 16.8 Å². The minimum absolute atomic E-state index is 0.197. The normalized spacial score (nSPS) is 20.1. The fourth-order valence-corrected chi connectivity index (χ4v) is 3.01. The number of likely N-dealkylation sites (N-methyl/N-ethyl adjacent to an activating group) is 1. The summed E-state index contributed by atoms with van der Waals surface area (Å²) in [5.74, 6) is 0.637. The average Bonchev–Trinajstić information content (AvgIpc) is 2.49. The molecule has 0 radical (unpaired) electrons. The van der Waals surface area contributed by atoms with Crippen molar-refractivity contribution in [3.05, 3.63) is 29.1 Å². The Morgan fingerprint density at radius 2 is 2.00 bits per heavy atom. The molecule has 2 aliphatic rings. The summed E-state index contributed by atoms with van der Waals surface area (Å²) in [6.45, 7) is 6.30. The second-order valence-corrected chi connectivity index (χ2v) is 5.91. The maximum absolute atomic E-state index is 13.7. The van der Waals surface area contributed by atoms with Crippen molar-refractivity contribution < 1.29 is 13.9 Å². The molecule has 0 atom stereocenters. The van der Waals surface area contributed by atoms with Crippen molar-refractivity contribution in [3.8, 4) is 5.75 Å². The number of hydrogen-bond acceptors (Lipinski definition) is 4. The van der Waals surface area contributed by atoms with Crippen LogP contribution in [0.5, 0.6) is 5.75 Å². The number of halogens is 1. The first-order valence-electron chi connectivity index (χ1n) is 7.65. The molecule has 2 heterocycles. The van der Waals surface area contributed by atoms with Gasteiger partial charge in [-0.05, 0) is 44.1 Å². The maximum atomic E-state index is 13.7. The highest BCUT2D eigenvalue weighted by atomic mass is 19.1. The van der Waals surface area contributed by atoms with Crippen LogP contribution in [-0.4, -0.2) is 56.4 Å². The molecular weight excluding hydrogens is 271 g/mol. The Morgan fingerprint density at radius 3 is 2.81 bits per heavy atom. The van der Waals surface area contributed by atoms with Gasteiger partial charge in [-0.15, -0.1) is 0 Å². The first-order valence-corrected chi connectivity index (χ1v) is 7.65. The summed E-state index contributed by atoms with van der Waals surface area (Å²) in [7, 11) is 2.16. The van der Waals surface area contributed by atoms with Crippen LogP contribution in [0.4, 0.5) is 4.39 Å². The van der Waals surface area contributed by atoms with Crippen LogP contribution in [0, 0.1) is 5.82 Å². The van der Waals surface area contributed by atoms with E-state index in [9.17, 15) is 4.39 Å². The van der Waals surface area contributed by atoms with Crippen molar-refractivity contribution in [1.82, 2.24) is 9.80 Å². The zero-order chi connectivity index (χ0) is 14.7. The molecule has 116 valence electrons. The van der Waals surface area contributed by atoms with Crippen molar-refractivity contribution in [2.45, 2.75) is 19.4 Å². The molecule has 0 aromatic heterocycles. The lowest BCUT2D eigenvalue weighted by Gasteiger charge is -2.32. The number of fused-ring (bicyclic) bond motifs is 1. The quantitative estimate of drug-likeness (QED) is 0.846. The van der Waals surface area contributed by atoms with Gasteiger partial charge in [0.25, 0.3) is 0 Å². The van der Waals surface area contributed by atoms with E-state index in [1.54, 1.807) is 6.07 Å².